The maximum atomic E-state index is 12.9. The van der Waals surface area contributed by atoms with E-state index in [1.807, 2.05) is 18.7 Å². The van der Waals surface area contributed by atoms with Crippen molar-refractivity contribution < 1.29 is 9.59 Å². The molecule has 2 saturated carbocycles. The minimum Gasteiger partial charge on any atom is -0.339 e. The lowest BCUT2D eigenvalue weighted by Crippen LogP contribution is -2.55. The molecule has 0 radical (unpaired) electrons. The lowest BCUT2D eigenvalue weighted by molar-refractivity contribution is -0.140. The van der Waals surface area contributed by atoms with Crippen molar-refractivity contribution in [2.24, 2.45) is 16.9 Å². The number of nitrogens with two attached hydrogens (primary N) is 1. The molecule has 8 heteroatoms. The van der Waals surface area contributed by atoms with E-state index in [-0.39, 0.29) is 23.8 Å². The highest BCUT2D eigenvalue weighted by Gasteiger charge is 2.52. The number of hydrazine groups is 1. The number of nitrogens with zero attached hydrogens (tertiary/aromatic N) is 3. The molecule has 2 amide bonds. The second-order valence-electron chi connectivity index (χ2n) is 7.13. The number of carbonyl (C=O) groups is 2. The van der Waals surface area contributed by atoms with E-state index in [1.54, 1.807) is 12.1 Å². The second-order valence-corrected chi connectivity index (χ2v) is 8.90. The summed E-state index contributed by atoms with van der Waals surface area (Å²) in [6.45, 7) is 5.56. The molecule has 0 spiro atoms. The van der Waals surface area contributed by atoms with Gasteiger partial charge >= 0.3 is 0 Å². The van der Waals surface area contributed by atoms with Gasteiger partial charge in [0.05, 0.1) is 0 Å². The molecule has 4 rings (SSSR count). The average molecular weight is 368 g/mol. The van der Waals surface area contributed by atoms with Crippen molar-refractivity contribution in [2.45, 2.75) is 62.0 Å². The molecule has 0 aromatic rings. The molecule has 140 valence electrons. The molecule has 25 heavy (non-hydrogen) atoms. The molecule has 2 unspecified atom stereocenters. The van der Waals surface area contributed by atoms with E-state index in [0.717, 1.165) is 18.2 Å². The first-order valence-electron chi connectivity index (χ1n) is 9.32. The Morgan fingerprint density at radius 3 is 2.60 bits per heavy atom. The zero-order chi connectivity index (χ0) is 18.2. The first-order chi connectivity index (χ1) is 12.0. The monoisotopic (exact) mass is 367 g/mol. The fourth-order valence-electron chi connectivity index (χ4n) is 3.72. The van der Waals surface area contributed by atoms with E-state index >= 15 is 0 Å². The van der Waals surface area contributed by atoms with Crippen LogP contribution in [0.2, 0.25) is 0 Å². The van der Waals surface area contributed by atoms with E-state index in [1.165, 1.54) is 25.7 Å². The Balaban J connectivity index is 0.000000880. The van der Waals surface area contributed by atoms with Crippen LogP contribution in [0.5, 0.6) is 0 Å². The number of amides is 2. The number of fused-ring (bicyclic) bond motifs is 1. The number of likely N-dealkylation sites (tertiary alicyclic amines) is 1. The summed E-state index contributed by atoms with van der Waals surface area (Å²) in [6, 6.07) is -0.349. The van der Waals surface area contributed by atoms with Crippen LogP contribution in [0.4, 0.5) is 0 Å². The van der Waals surface area contributed by atoms with Gasteiger partial charge in [-0.3, -0.25) is 20.0 Å². The predicted octanol–water partition coefficient (Wildman–Crippen LogP) is 0.949. The molecule has 1 saturated heterocycles. The molecule has 4 aliphatic rings. The van der Waals surface area contributed by atoms with Crippen LogP contribution >= 0.6 is 11.8 Å². The van der Waals surface area contributed by atoms with Crippen molar-refractivity contribution in [3.05, 3.63) is 0 Å². The smallest absolute Gasteiger partial charge is 0.281 e. The van der Waals surface area contributed by atoms with Gasteiger partial charge in [0.1, 0.15) is 11.8 Å². The van der Waals surface area contributed by atoms with Crippen LogP contribution < -0.4 is 11.3 Å². The Bertz CT molecular complexity index is 573. The largest absolute Gasteiger partial charge is 0.339 e. The first kappa shape index (κ1) is 18.5. The minimum atomic E-state index is -0.381. The number of hydrazone groups is 1. The van der Waals surface area contributed by atoms with Crippen LogP contribution in [0.15, 0.2) is 5.10 Å². The Labute approximate surface area is 153 Å². The summed E-state index contributed by atoms with van der Waals surface area (Å²) in [7, 11) is 1.77. The SMILES string of the molecule is CC.CN1N=C(C(=O)NN)C2CCN(CC3(SC4CC4)CC3)C(=O)C21. The lowest BCUT2D eigenvalue weighted by atomic mass is 9.87. The molecule has 2 atom stereocenters. The van der Waals surface area contributed by atoms with Crippen LogP contribution in [-0.4, -0.2) is 63.6 Å². The quantitative estimate of drug-likeness (QED) is 0.429. The number of thioether (sulfide) groups is 1. The van der Waals surface area contributed by atoms with E-state index < -0.39 is 0 Å². The van der Waals surface area contributed by atoms with Crippen molar-refractivity contribution in [1.29, 1.82) is 0 Å². The summed E-state index contributed by atoms with van der Waals surface area (Å²) in [5.41, 5.74) is 2.53. The van der Waals surface area contributed by atoms with Crippen LogP contribution in [0.1, 0.15) is 46.0 Å². The van der Waals surface area contributed by atoms with Gasteiger partial charge in [-0.25, -0.2) is 5.84 Å². The fourth-order valence-corrected chi connectivity index (χ4v) is 5.37. The standard InChI is InChI=1S/C15H23N5O2S.C2H6/c1-19-12-10(11(18-19)13(21)17-16)4-7-20(14(12)22)8-15(5-6-15)23-9-2-3-9;1-2/h9-10,12H,2-8,16H2,1H3,(H,17,21);1-2H3. The van der Waals surface area contributed by atoms with Gasteiger partial charge in [-0.15, -0.1) is 11.8 Å². The van der Waals surface area contributed by atoms with E-state index in [9.17, 15) is 9.59 Å². The normalized spacial score (nSPS) is 29.4. The van der Waals surface area contributed by atoms with Crippen molar-refractivity contribution in [3.8, 4) is 0 Å². The zero-order valence-electron chi connectivity index (χ0n) is 15.3. The molecule has 0 aromatic carbocycles. The summed E-state index contributed by atoms with van der Waals surface area (Å²) in [5, 5.41) is 6.72. The van der Waals surface area contributed by atoms with Gasteiger partial charge < -0.3 is 4.90 Å². The molecular formula is C17H29N5O2S. The van der Waals surface area contributed by atoms with Crippen LogP contribution in [0, 0.1) is 5.92 Å². The third kappa shape index (κ3) is 3.65. The Kier molecular flexibility index (Phi) is 5.29. The third-order valence-electron chi connectivity index (χ3n) is 5.27. The molecule has 3 N–H and O–H groups in total. The van der Waals surface area contributed by atoms with E-state index in [2.05, 4.69) is 22.3 Å². The fraction of sp³-hybridized carbons (Fsp3) is 0.824. The van der Waals surface area contributed by atoms with Crippen molar-refractivity contribution in [3.63, 3.8) is 0 Å². The van der Waals surface area contributed by atoms with E-state index in [4.69, 9.17) is 5.84 Å². The molecule has 3 fully saturated rings. The number of piperidine rings is 1. The highest BCUT2D eigenvalue weighted by molar-refractivity contribution is 8.01. The zero-order valence-corrected chi connectivity index (χ0v) is 16.1. The summed E-state index contributed by atoms with van der Waals surface area (Å²) in [4.78, 5) is 26.8. The Hall–Kier alpha value is -1.28. The maximum absolute atomic E-state index is 12.9. The number of carbonyl (C=O) groups excluding carboxylic acids is 2. The van der Waals surface area contributed by atoms with Gasteiger partial charge in [-0.05, 0) is 32.1 Å². The predicted molar refractivity (Wildman–Crippen MR) is 99.9 cm³/mol. The Morgan fingerprint density at radius 2 is 2.04 bits per heavy atom. The minimum absolute atomic E-state index is 0.106. The molecule has 0 bridgehead atoms. The van der Waals surface area contributed by atoms with Crippen LogP contribution in [0.3, 0.4) is 0 Å². The lowest BCUT2D eigenvalue weighted by Gasteiger charge is -2.38. The topological polar surface area (TPSA) is 91.0 Å². The molecule has 0 aromatic heterocycles. The van der Waals surface area contributed by atoms with Gasteiger partial charge in [-0.2, -0.15) is 5.10 Å². The summed E-state index contributed by atoms with van der Waals surface area (Å²) in [6.07, 6.45) is 5.88. The number of hydrogen-bond donors (Lipinski definition) is 2. The number of likely N-dealkylation sites (N-methyl/N-ethyl adjacent to an activating group) is 1. The van der Waals surface area contributed by atoms with Crippen LogP contribution in [-0.2, 0) is 9.59 Å². The first-order valence-corrected chi connectivity index (χ1v) is 10.2. The highest BCUT2D eigenvalue weighted by Crippen LogP contribution is 2.55. The molecule has 2 aliphatic heterocycles. The summed E-state index contributed by atoms with van der Waals surface area (Å²) in [5.74, 6) is 4.81. The van der Waals surface area contributed by atoms with Gasteiger partial charge in [0.2, 0.25) is 5.91 Å². The molecule has 2 aliphatic carbocycles. The van der Waals surface area contributed by atoms with Gasteiger partial charge in [-0.1, -0.05) is 13.8 Å². The number of hydrogen-bond acceptors (Lipinski definition) is 6. The summed E-state index contributed by atoms with van der Waals surface area (Å²) >= 11 is 2.09. The van der Waals surface area contributed by atoms with Crippen LogP contribution in [0.25, 0.3) is 0 Å². The number of nitrogens with one attached hydrogen (secondary N) is 1. The van der Waals surface area contributed by atoms with E-state index in [0.29, 0.717) is 17.0 Å². The Morgan fingerprint density at radius 1 is 1.36 bits per heavy atom. The highest BCUT2D eigenvalue weighted by atomic mass is 32.2. The summed E-state index contributed by atoms with van der Waals surface area (Å²) < 4.78 is 0.305. The maximum Gasteiger partial charge on any atom is 0.281 e. The average Bonchev–Trinajstić information content (AvgIpc) is 3.54. The van der Waals surface area contributed by atoms with Crippen molar-refractivity contribution >= 4 is 29.3 Å². The molecule has 7 nitrogen and oxygen atoms in total. The van der Waals surface area contributed by atoms with Crippen molar-refractivity contribution in [1.82, 2.24) is 15.3 Å². The molecule has 2 heterocycles. The third-order valence-corrected chi connectivity index (χ3v) is 7.11. The van der Waals surface area contributed by atoms with Gasteiger partial charge in [0.15, 0.2) is 0 Å². The second kappa shape index (κ2) is 7.15. The van der Waals surface area contributed by atoms with Gasteiger partial charge in [0, 0.05) is 36.1 Å². The van der Waals surface area contributed by atoms with Gasteiger partial charge in [0.25, 0.3) is 5.91 Å². The molecular weight excluding hydrogens is 338 g/mol. The number of rotatable bonds is 5. The van der Waals surface area contributed by atoms with Crippen molar-refractivity contribution in [2.75, 3.05) is 20.1 Å².